The summed E-state index contributed by atoms with van der Waals surface area (Å²) in [5, 5.41) is 3.89. The number of carbonyl (C=O) groups excluding carboxylic acids is 2. The van der Waals surface area contributed by atoms with Crippen LogP contribution in [-0.2, 0) is 4.74 Å². The lowest BCUT2D eigenvalue weighted by atomic mass is 10.1. The lowest BCUT2D eigenvalue weighted by Crippen LogP contribution is -2.17. The van der Waals surface area contributed by atoms with Gasteiger partial charge in [0.1, 0.15) is 11.5 Å². The number of nitrogens with zero attached hydrogens (tertiary/aromatic N) is 1. The van der Waals surface area contributed by atoms with Crippen LogP contribution in [-0.4, -0.2) is 25.2 Å². The summed E-state index contributed by atoms with van der Waals surface area (Å²) in [5.74, 6) is 0.424. The number of hydrogen-bond acceptors (Lipinski definition) is 5. The normalized spacial score (nSPS) is 10.7. The Kier molecular flexibility index (Phi) is 5.24. The molecule has 0 saturated heterocycles. The molecular weight excluding hydrogens is 332 g/mol. The lowest BCUT2D eigenvalue weighted by Gasteiger charge is -2.00. The number of carbonyl (C=O) groups is 2. The molecule has 6 nitrogen and oxygen atoms in total. The molecule has 6 heteroatoms. The summed E-state index contributed by atoms with van der Waals surface area (Å²) in [5.41, 5.74) is 4.24. The number of benzene rings is 2. The zero-order valence-electron chi connectivity index (χ0n) is 14.0. The fourth-order valence-corrected chi connectivity index (χ4v) is 2.27. The van der Waals surface area contributed by atoms with Crippen LogP contribution in [0.5, 0.6) is 0 Å². The predicted molar refractivity (Wildman–Crippen MR) is 97.0 cm³/mol. The van der Waals surface area contributed by atoms with Gasteiger partial charge in [-0.2, -0.15) is 5.10 Å². The number of esters is 1. The minimum Gasteiger partial charge on any atom is -0.465 e. The number of ether oxygens (including phenoxy) is 1. The van der Waals surface area contributed by atoms with Crippen LogP contribution in [0, 0.1) is 0 Å². The lowest BCUT2D eigenvalue weighted by molar-refractivity contribution is 0.0600. The third-order valence-electron chi connectivity index (χ3n) is 3.61. The highest BCUT2D eigenvalue weighted by Gasteiger charge is 2.08. The molecule has 0 spiro atoms. The van der Waals surface area contributed by atoms with Crippen molar-refractivity contribution < 1.29 is 18.7 Å². The topological polar surface area (TPSA) is 80.9 Å². The van der Waals surface area contributed by atoms with Gasteiger partial charge in [-0.1, -0.05) is 30.3 Å². The molecule has 26 heavy (non-hydrogen) atoms. The maximum absolute atomic E-state index is 11.9. The Morgan fingerprint density at radius 1 is 0.962 bits per heavy atom. The average Bonchev–Trinajstić information content (AvgIpc) is 3.17. The second kappa shape index (κ2) is 7.94. The number of furan rings is 1. The van der Waals surface area contributed by atoms with Gasteiger partial charge in [-0.05, 0) is 36.4 Å². The van der Waals surface area contributed by atoms with Crippen molar-refractivity contribution in [1.82, 2.24) is 5.43 Å². The van der Waals surface area contributed by atoms with Gasteiger partial charge in [-0.25, -0.2) is 10.2 Å². The highest BCUT2D eigenvalue weighted by atomic mass is 16.5. The predicted octanol–water partition coefficient (Wildman–Crippen LogP) is 3.50. The van der Waals surface area contributed by atoms with Crippen molar-refractivity contribution in [2.75, 3.05) is 7.11 Å². The van der Waals surface area contributed by atoms with E-state index in [1.165, 1.54) is 13.3 Å². The molecule has 130 valence electrons. The largest absolute Gasteiger partial charge is 0.465 e. The minimum absolute atomic E-state index is 0.299. The summed E-state index contributed by atoms with van der Waals surface area (Å²) in [7, 11) is 1.34. The van der Waals surface area contributed by atoms with E-state index in [1.807, 2.05) is 6.07 Å². The Morgan fingerprint density at radius 3 is 2.38 bits per heavy atom. The summed E-state index contributed by atoms with van der Waals surface area (Å²) >= 11 is 0. The van der Waals surface area contributed by atoms with Gasteiger partial charge >= 0.3 is 5.97 Å². The molecule has 3 rings (SSSR count). The van der Waals surface area contributed by atoms with Crippen molar-refractivity contribution in [3.05, 3.63) is 83.6 Å². The molecule has 0 unspecified atom stereocenters. The molecule has 0 atom stereocenters. The van der Waals surface area contributed by atoms with E-state index in [9.17, 15) is 9.59 Å². The summed E-state index contributed by atoms with van der Waals surface area (Å²) in [6.07, 6.45) is 1.42. The molecule has 0 radical (unpaired) electrons. The summed E-state index contributed by atoms with van der Waals surface area (Å²) in [6, 6.07) is 19.2. The van der Waals surface area contributed by atoms with Gasteiger partial charge in [-0.3, -0.25) is 4.79 Å². The molecule has 0 aliphatic carbocycles. The zero-order chi connectivity index (χ0) is 18.4. The molecule has 1 aromatic heterocycles. The first kappa shape index (κ1) is 17.2. The number of methoxy groups -OCH3 is 1. The van der Waals surface area contributed by atoms with Gasteiger partial charge < -0.3 is 9.15 Å². The Balaban J connectivity index is 1.64. The Bertz CT molecular complexity index is 928. The van der Waals surface area contributed by atoms with Gasteiger partial charge in [0.15, 0.2) is 0 Å². The highest BCUT2D eigenvalue weighted by molar-refractivity contribution is 5.94. The van der Waals surface area contributed by atoms with Crippen molar-refractivity contribution in [3.8, 4) is 11.3 Å². The van der Waals surface area contributed by atoms with E-state index in [0.717, 1.165) is 5.56 Å². The molecule has 1 heterocycles. The van der Waals surface area contributed by atoms with Crippen LogP contribution in [0.3, 0.4) is 0 Å². The first-order valence-electron chi connectivity index (χ1n) is 7.84. The number of nitrogens with one attached hydrogen (secondary N) is 1. The molecule has 0 fully saturated rings. The van der Waals surface area contributed by atoms with Crippen molar-refractivity contribution >= 4 is 18.1 Å². The minimum atomic E-state index is -0.391. The smallest absolute Gasteiger partial charge is 0.337 e. The fourth-order valence-electron chi connectivity index (χ4n) is 2.27. The van der Waals surface area contributed by atoms with Crippen molar-refractivity contribution in [2.24, 2.45) is 5.10 Å². The molecule has 0 aliphatic heterocycles. The molecule has 1 N–H and O–H groups in total. The first-order chi connectivity index (χ1) is 12.7. The number of hydrazone groups is 1. The van der Waals surface area contributed by atoms with Gasteiger partial charge in [0.05, 0.1) is 18.9 Å². The van der Waals surface area contributed by atoms with Crippen molar-refractivity contribution in [2.45, 2.75) is 0 Å². The maximum Gasteiger partial charge on any atom is 0.337 e. The number of rotatable bonds is 5. The quantitative estimate of drug-likeness (QED) is 0.435. The zero-order valence-corrected chi connectivity index (χ0v) is 14.0. The molecule has 3 aromatic rings. The first-order valence-corrected chi connectivity index (χ1v) is 7.84. The van der Waals surface area contributed by atoms with E-state index >= 15 is 0 Å². The van der Waals surface area contributed by atoms with E-state index in [1.54, 1.807) is 60.7 Å². The standard InChI is InChI=1S/C20H16N2O4/c1-25-20(24)16-9-7-14(8-10-16)18-12-11-17(26-18)13-21-22-19(23)15-5-3-2-4-6-15/h2-13H,1H3,(H,22,23). The second-order valence-electron chi connectivity index (χ2n) is 5.34. The third-order valence-corrected chi connectivity index (χ3v) is 3.61. The van der Waals surface area contributed by atoms with Gasteiger partial charge in [0, 0.05) is 11.1 Å². The summed E-state index contributed by atoms with van der Waals surface area (Å²) in [6.45, 7) is 0. The summed E-state index contributed by atoms with van der Waals surface area (Å²) in [4.78, 5) is 23.3. The molecule has 1 amide bonds. The second-order valence-corrected chi connectivity index (χ2v) is 5.34. The molecule has 0 saturated carbocycles. The van der Waals surface area contributed by atoms with Crippen LogP contribution in [0.1, 0.15) is 26.5 Å². The van der Waals surface area contributed by atoms with Crippen LogP contribution in [0.25, 0.3) is 11.3 Å². The number of amides is 1. The fraction of sp³-hybridized carbons (Fsp3) is 0.0500. The van der Waals surface area contributed by atoms with Crippen LogP contribution >= 0.6 is 0 Å². The van der Waals surface area contributed by atoms with Crippen LogP contribution in [0.4, 0.5) is 0 Å². The van der Waals surface area contributed by atoms with E-state index in [-0.39, 0.29) is 5.91 Å². The van der Waals surface area contributed by atoms with Crippen molar-refractivity contribution in [1.29, 1.82) is 0 Å². The van der Waals surface area contributed by atoms with E-state index in [4.69, 9.17) is 4.42 Å². The molecule has 0 aliphatic rings. The maximum atomic E-state index is 11.9. The van der Waals surface area contributed by atoms with Gasteiger partial charge in [0.25, 0.3) is 5.91 Å². The van der Waals surface area contributed by atoms with E-state index < -0.39 is 5.97 Å². The van der Waals surface area contributed by atoms with Crippen molar-refractivity contribution in [3.63, 3.8) is 0 Å². The summed E-state index contributed by atoms with van der Waals surface area (Å²) < 4.78 is 10.3. The molecular formula is C20H16N2O4. The van der Waals surface area contributed by atoms with Crippen LogP contribution in [0.2, 0.25) is 0 Å². The Hall–Kier alpha value is -3.67. The SMILES string of the molecule is COC(=O)c1ccc(-c2ccc(C=NNC(=O)c3ccccc3)o2)cc1. The molecule has 2 aromatic carbocycles. The Morgan fingerprint density at radius 2 is 1.69 bits per heavy atom. The van der Waals surface area contributed by atoms with Crippen LogP contribution < -0.4 is 5.43 Å². The Labute approximate surface area is 150 Å². The van der Waals surface area contributed by atoms with Crippen LogP contribution in [0.15, 0.2) is 76.2 Å². The highest BCUT2D eigenvalue weighted by Crippen LogP contribution is 2.22. The number of hydrogen-bond donors (Lipinski definition) is 1. The van der Waals surface area contributed by atoms with E-state index in [0.29, 0.717) is 22.6 Å². The third kappa shape index (κ3) is 4.05. The average molecular weight is 348 g/mol. The van der Waals surface area contributed by atoms with Gasteiger partial charge in [0.2, 0.25) is 0 Å². The van der Waals surface area contributed by atoms with Gasteiger partial charge in [-0.15, -0.1) is 0 Å². The van der Waals surface area contributed by atoms with E-state index in [2.05, 4.69) is 15.3 Å². The molecule has 0 bridgehead atoms. The monoisotopic (exact) mass is 348 g/mol.